The third-order valence-electron chi connectivity index (χ3n) is 3.62. The van der Waals surface area contributed by atoms with Crippen LogP contribution in [0.3, 0.4) is 0 Å². The number of hydrogen-bond donors (Lipinski definition) is 2. The molecule has 0 radical (unpaired) electrons. The van der Waals surface area contributed by atoms with Crippen LogP contribution >= 0.6 is 0 Å². The first kappa shape index (κ1) is 13.6. The van der Waals surface area contributed by atoms with Crippen LogP contribution in [0.1, 0.15) is 43.4 Å². The van der Waals surface area contributed by atoms with Gasteiger partial charge in [0.1, 0.15) is 5.82 Å². The molecule has 0 saturated heterocycles. The third kappa shape index (κ3) is 3.12. The van der Waals surface area contributed by atoms with Crippen LogP contribution in [-0.4, -0.2) is 33.9 Å². The molecule has 1 aliphatic rings. The maximum Gasteiger partial charge on any atom is 0.106 e. The van der Waals surface area contributed by atoms with Crippen LogP contribution in [0, 0.1) is 6.92 Å². The number of imidazole rings is 1. The highest BCUT2D eigenvalue weighted by Crippen LogP contribution is 2.22. The lowest BCUT2D eigenvalue weighted by Gasteiger charge is -2.18. The fourth-order valence-electron chi connectivity index (χ4n) is 2.70. The Balaban J connectivity index is 1.98. The molecule has 1 aliphatic carbocycles. The first-order chi connectivity index (χ1) is 8.72. The van der Waals surface area contributed by atoms with Gasteiger partial charge in [-0.2, -0.15) is 0 Å². The van der Waals surface area contributed by atoms with Crippen LogP contribution in [-0.2, 0) is 19.4 Å². The Morgan fingerprint density at radius 1 is 1.39 bits per heavy atom. The summed E-state index contributed by atoms with van der Waals surface area (Å²) in [7, 11) is 0. The van der Waals surface area contributed by atoms with Gasteiger partial charge < -0.3 is 15.0 Å². The van der Waals surface area contributed by atoms with Crippen molar-refractivity contribution in [1.29, 1.82) is 0 Å². The monoisotopic (exact) mass is 251 g/mol. The van der Waals surface area contributed by atoms with E-state index in [0.29, 0.717) is 13.1 Å². The van der Waals surface area contributed by atoms with Gasteiger partial charge >= 0.3 is 0 Å². The number of aliphatic hydroxyl groups excluding tert-OH is 1. The number of fused-ring (bicyclic) bond motifs is 1. The predicted molar refractivity (Wildman–Crippen MR) is 72.8 cm³/mol. The average Bonchev–Trinajstić information content (AvgIpc) is 2.67. The first-order valence-electron chi connectivity index (χ1n) is 7.16. The second-order valence-corrected chi connectivity index (χ2v) is 5.23. The Labute approximate surface area is 109 Å². The highest BCUT2D eigenvalue weighted by molar-refractivity contribution is 5.20. The zero-order valence-corrected chi connectivity index (χ0v) is 11.6. The van der Waals surface area contributed by atoms with E-state index >= 15 is 0 Å². The summed E-state index contributed by atoms with van der Waals surface area (Å²) < 4.78 is 2.22. The van der Waals surface area contributed by atoms with E-state index in [9.17, 15) is 5.11 Å². The second kappa shape index (κ2) is 6.34. The van der Waals surface area contributed by atoms with E-state index in [1.807, 2.05) is 6.92 Å². The van der Waals surface area contributed by atoms with Crippen molar-refractivity contribution in [2.24, 2.45) is 0 Å². The summed E-state index contributed by atoms with van der Waals surface area (Å²) in [6.45, 7) is 6.49. The quantitative estimate of drug-likeness (QED) is 0.752. The van der Waals surface area contributed by atoms with Gasteiger partial charge in [0, 0.05) is 12.2 Å². The number of aromatic nitrogens is 2. The zero-order chi connectivity index (χ0) is 13.0. The van der Waals surface area contributed by atoms with E-state index in [0.717, 1.165) is 31.6 Å². The molecule has 2 rings (SSSR count). The van der Waals surface area contributed by atoms with Crippen LogP contribution < -0.4 is 5.32 Å². The SMILES string of the molecule is CCCNCC(O)Cn1c(C)nc2c1CCCC2. The number of aliphatic hydroxyl groups is 1. The van der Waals surface area contributed by atoms with E-state index in [4.69, 9.17) is 0 Å². The molecule has 1 unspecified atom stereocenters. The maximum atomic E-state index is 10.1. The molecule has 102 valence electrons. The van der Waals surface area contributed by atoms with Crippen molar-refractivity contribution >= 4 is 0 Å². The lowest BCUT2D eigenvalue weighted by molar-refractivity contribution is 0.149. The van der Waals surface area contributed by atoms with Crippen LogP contribution in [0.15, 0.2) is 0 Å². The summed E-state index contributed by atoms with van der Waals surface area (Å²) in [5, 5.41) is 13.3. The van der Waals surface area contributed by atoms with Gasteiger partial charge in [-0.1, -0.05) is 6.92 Å². The van der Waals surface area contributed by atoms with Crippen molar-refractivity contribution in [2.75, 3.05) is 13.1 Å². The highest BCUT2D eigenvalue weighted by Gasteiger charge is 2.19. The minimum absolute atomic E-state index is 0.324. The van der Waals surface area contributed by atoms with Crippen LogP contribution in [0.2, 0.25) is 0 Å². The molecule has 18 heavy (non-hydrogen) atoms. The molecule has 2 N–H and O–H groups in total. The van der Waals surface area contributed by atoms with Crippen molar-refractivity contribution < 1.29 is 5.11 Å². The van der Waals surface area contributed by atoms with Gasteiger partial charge in [-0.25, -0.2) is 4.98 Å². The second-order valence-electron chi connectivity index (χ2n) is 5.23. The zero-order valence-electron chi connectivity index (χ0n) is 11.6. The lowest BCUT2D eigenvalue weighted by Crippen LogP contribution is -2.31. The number of aryl methyl sites for hydroxylation is 2. The summed E-state index contributed by atoms with van der Waals surface area (Å²) in [6, 6.07) is 0. The molecule has 4 heteroatoms. The minimum Gasteiger partial charge on any atom is -0.390 e. The fourth-order valence-corrected chi connectivity index (χ4v) is 2.70. The van der Waals surface area contributed by atoms with Crippen LogP contribution in [0.5, 0.6) is 0 Å². The normalized spacial score (nSPS) is 16.6. The maximum absolute atomic E-state index is 10.1. The number of nitrogens with zero attached hydrogens (tertiary/aromatic N) is 2. The van der Waals surface area contributed by atoms with Crippen LogP contribution in [0.25, 0.3) is 0 Å². The van der Waals surface area contributed by atoms with Crippen molar-refractivity contribution in [1.82, 2.24) is 14.9 Å². The summed E-state index contributed by atoms with van der Waals surface area (Å²) >= 11 is 0. The molecule has 0 amide bonds. The van der Waals surface area contributed by atoms with Crippen LogP contribution in [0.4, 0.5) is 0 Å². The van der Waals surface area contributed by atoms with E-state index in [1.165, 1.54) is 24.2 Å². The predicted octanol–water partition coefficient (Wildman–Crippen LogP) is 1.43. The molecule has 0 bridgehead atoms. The topological polar surface area (TPSA) is 50.1 Å². The van der Waals surface area contributed by atoms with Crippen molar-refractivity contribution in [3.8, 4) is 0 Å². The highest BCUT2D eigenvalue weighted by atomic mass is 16.3. The van der Waals surface area contributed by atoms with E-state index in [1.54, 1.807) is 0 Å². The summed E-state index contributed by atoms with van der Waals surface area (Å²) in [5.41, 5.74) is 2.61. The molecule has 0 fully saturated rings. The van der Waals surface area contributed by atoms with E-state index < -0.39 is 0 Å². The van der Waals surface area contributed by atoms with Crippen molar-refractivity contribution in [3.05, 3.63) is 17.2 Å². The Bertz CT molecular complexity index is 387. The minimum atomic E-state index is -0.324. The molecule has 1 aromatic rings. The van der Waals surface area contributed by atoms with Gasteiger partial charge in [-0.3, -0.25) is 0 Å². The van der Waals surface area contributed by atoms with Gasteiger partial charge in [0.25, 0.3) is 0 Å². The molecule has 1 heterocycles. The number of rotatable bonds is 6. The number of hydrogen-bond acceptors (Lipinski definition) is 3. The smallest absolute Gasteiger partial charge is 0.106 e. The van der Waals surface area contributed by atoms with Gasteiger partial charge in [-0.05, 0) is 45.6 Å². The molecule has 0 saturated carbocycles. The Morgan fingerprint density at radius 3 is 2.94 bits per heavy atom. The molecule has 0 aromatic carbocycles. The molecule has 1 atom stereocenters. The Hall–Kier alpha value is -0.870. The summed E-state index contributed by atoms with van der Waals surface area (Å²) in [5.74, 6) is 1.05. The molecular formula is C14H25N3O. The van der Waals surface area contributed by atoms with Gasteiger partial charge in [0.2, 0.25) is 0 Å². The van der Waals surface area contributed by atoms with Gasteiger partial charge in [-0.15, -0.1) is 0 Å². The largest absolute Gasteiger partial charge is 0.390 e. The Morgan fingerprint density at radius 2 is 2.17 bits per heavy atom. The van der Waals surface area contributed by atoms with Gasteiger partial charge in [0.05, 0.1) is 18.3 Å². The standard InChI is InChI=1S/C14H25N3O/c1-3-8-15-9-12(18)10-17-11(2)16-13-6-4-5-7-14(13)17/h12,15,18H,3-10H2,1-2H3. The van der Waals surface area contributed by atoms with Crippen molar-refractivity contribution in [2.45, 2.75) is 58.6 Å². The summed E-state index contributed by atoms with van der Waals surface area (Å²) in [4.78, 5) is 4.63. The summed E-state index contributed by atoms with van der Waals surface area (Å²) in [6.07, 6.45) is 5.51. The third-order valence-corrected chi connectivity index (χ3v) is 3.62. The molecular weight excluding hydrogens is 226 g/mol. The number of nitrogens with one attached hydrogen (secondary N) is 1. The van der Waals surface area contributed by atoms with Gasteiger partial charge in [0.15, 0.2) is 0 Å². The Kier molecular flexibility index (Phi) is 4.78. The first-order valence-corrected chi connectivity index (χ1v) is 7.16. The van der Waals surface area contributed by atoms with E-state index in [2.05, 4.69) is 21.8 Å². The fraction of sp³-hybridized carbons (Fsp3) is 0.786. The van der Waals surface area contributed by atoms with Crippen molar-refractivity contribution in [3.63, 3.8) is 0 Å². The molecule has 1 aromatic heterocycles. The molecule has 0 aliphatic heterocycles. The van der Waals surface area contributed by atoms with E-state index in [-0.39, 0.29) is 6.10 Å². The molecule has 0 spiro atoms. The average molecular weight is 251 g/mol. The molecule has 4 nitrogen and oxygen atoms in total. The lowest BCUT2D eigenvalue weighted by atomic mass is 10.0.